The molecule has 1 heterocycles. The third-order valence-corrected chi connectivity index (χ3v) is 3.77. The van der Waals surface area contributed by atoms with E-state index >= 15 is 0 Å². The number of hydrogen-bond donors (Lipinski definition) is 2. The molecule has 4 nitrogen and oxygen atoms in total. The number of halogens is 2. The minimum atomic E-state index is -0.713. The van der Waals surface area contributed by atoms with Gasteiger partial charge in [0.2, 0.25) is 0 Å². The monoisotopic (exact) mass is 320 g/mol. The molecule has 6 heteroatoms. The highest BCUT2D eigenvalue weighted by molar-refractivity contribution is 6.49. The summed E-state index contributed by atoms with van der Waals surface area (Å²) in [6.07, 6.45) is 2.13. The van der Waals surface area contributed by atoms with Crippen molar-refractivity contribution in [3.63, 3.8) is 0 Å². The number of carbonyl (C=O) groups excluding carboxylic acids is 2. The van der Waals surface area contributed by atoms with Crippen LogP contribution in [-0.4, -0.2) is 17.5 Å². The van der Waals surface area contributed by atoms with Crippen molar-refractivity contribution < 1.29 is 14.0 Å². The summed E-state index contributed by atoms with van der Waals surface area (Å²) < 4.78 is 13.6. The zero-order valence-electron chi connectivity index (χ0n) is 12.1. The van der Waals surface area contributed by atoms with Crippen molar-refractivity contribution >= 4 is 34.7 Å². The minimum Gasteiger partial charge on any atom is -0.295 e. The van der Waals surface area contributed by atoms with Crippen LogP contribution in [0.3, 0.4) is 0 Å². The Morgan fingerprint density at radius 3 is 2.64 bits per heavy atom. The highest BCUT2D eigenvalue weighted by Crippen LogP contribution is 2.26. The molecule has 0 radical (unpaired) electrons. The first-order chi connectivity index (χ1) is 10.3. The van der Waals surface area contributed by atoms with Gasteiger partial charge in [-0.25, -0.2) is 4.39 Å². The van der Waals surface area contributed by atoms with Gasteiger partial charge in [-0.05, 0) is 48.3 Å². The number of amides is 2. The first-order valence-corrected chi connectivity index (χ1v) is 7.04. The lowest BCUT2D eigenvalue weighted by atomic mass is 9.94. The van der Waals surface area contributed by atoms with Gasteiger partial charge < -0.3 is 0 Å². The van der Waals surface area contributed by atoms with Crippen LogP contribution in [0.5, 0.6) is 0 Å². The molecule has 1 aliphatic rings. The predicted molar refractivity (Wildman–Crippen MR) is 83.3 cm³/mol. The lowest BCUT2D eigenvalue weighted by molar-refractivity contribution is -0.125. The molecule has 2 amide bonds. The van der Waals surface area contributed by atoms with Crippen molar-refractivity contribution in [1.29, 1.82) is 5.41 Å². The summed E-state index contributed by atoms with van der Waals surface area (Å²) in [6, 6.07) is 4.40. The van der Waals surface area contributed by atoms with E-state index < -0.39 is 17.6 Å². The van der Waals surface area contributed by atoms with Gasteiger partial charge in [0.05, 0.1) is 5.02 Å². The number of imide groups is 1. The molecule has 0 bridgehead atoms. The Labute approximate surface area is 132 Å². The van der Waals surface area contributed by atoms with Gasteiger partial charge in [-0.1, -0.05) is 24.6 Å². The molecule has 0 aliphatic carbocycles. The maximum atomic E-state index is 13.6. The van der Waals surface area contributed by atoms with Crippen molar-refractivity contribution in [2.24, 2.45) is 0 Å². The second-order valence-electron chi connectivity index (χ2n) is 4.85. The number of carbonyl (C=O) groups is 2. The van der Waals surface area contributed by atoms with Crippen LogP contribution in [-0.2, 0) is 9.59 Å². The highest BCUT2D eigenvalue weighted by Gasteiger charge is 2.26. The van der Waals surface area contributed by atoms with Gasteiger partial charge >= 0.3 is 0 Å². The van der Waals surface area contributed by atoms with Crippen molar-refractivity contribution in [2.75, 3.05) is 0 Å². The van der Waals surface area contributed by atoms with Gasteiger partial charge in [0, 0.05) is 5.57 Å². The minimum absolute atomic E-state index is 0.0254. The fourth-order valence-electron chi connectivity index (χ4n) is 2.14. The molecular formula is C16H14ClFN2O2. The Hall–Kier alpha value is -2.27. The Balaban J connectivity index is 2.52. The smallest absolute Gasteiger partial charge is 0.276 e. The molecule has 2 rings (SSSR count). The van der Waals surface area contributed by atoms with Gasteiger partial charge in [0.1, 0.15) is 11.5 Å². The fourth-order valence-corrected chi connectivity index (χ4v) is 2.26. The van der Waals surface area contributed by atoms with Crippen LogP contribution in [0.2, 0.25) is 5.02 Å². The van der Waals surface area contributed by atoms with E-state index in [2.05, 4.69) is 5.32 Å². The fraction of sp³-hybridized carbons (Fsp3) is 0.188. The van der Waals surface area contributed by atoms with Crippen LogP contribution in [0.1, 0.15) is 25.8 Å². The molecule has 2 N–H and O–H groups in total. The topological polar surface area (TPSA) is 70.0 Å². The normalized spacial score (nSPS) is 16.2. The van der Waals surface area contributed by atoms with E-state index in [1.165, 1.54) is 12.1 Å². The molecule has 0 saturated heterocycles. The highest BCUT2D eigenvalue weighted by atomic mass is 35.5. The molecule has 22 heavy (non-hydrogen) atoms. The quantitative estimate of drug-likeness (QED) is 0.839. The molecule has 0 saturated carbocycles. The molecule has 0 aromatic heterocycles. The summed E-state index contributed by atoms with van der Waals surface area (Å²) in [6.45, 7) is 3.41. The second-order valence-corrected chi connectivity index (χ2v) is 5.26. The average molecular weight is 321 g/mol. The Kier molecular flexibility index (Phi) is 4.56. The van der Waals surface area contributed by atoms with Crippen molar-refractivity contribution in [3.05, 3.63) is 51.8 Å². The van der Waals surface area contributed by atoms with Crippen molar-refractivity contribution in [2.45, 2.75) is 20.3 Å². The number of benzene rings is 1. The van der Waals surface area contributed by atoms with Crippen molar-refractivity contribution in [3.8, 4) is 0 Å². The van der Waals surface area contributed by atoms with Crippen LogP contribution in [0, 0.1) is 11.2 Å². The van der Waals surface area contributed by atoms with Crippen LogP contribution in [0.15, 0.2) is 35.4 Å². The maximum absolute atomic E-state index is 13.6. The van der Waals surface area contributed by atoms with Crippen LogP contribution < -0.4 is 5.32 Å². The van der Waals surface area contributed by atoms with Gasteiger partial charge in [-0.2, -0.15) is 0 Å². The van der Waals surface area contributed by atoms with Gasteiger partial charge in [-0.15, -0.1) is 0 Å². The molecular weight excluding hydrogens is 307 g/mol. The van der Waals surface area contributed by atoms with E-state index in [1.807, 2.05) is 6.92 Å². The summed E-state index contributed by atoms with van der Waals surface area (Å²) in [5, 5.41) is 9.80. The third kappa shape index (κ3) is 2.99. The first kappa shape index (κ1) is 16.1. The van der Waals surface area contributed by atoms with Crippen LogP contribution in [0.4, 0.5) is 4.39 Å². The SMILES string of the molecule is CC/C(=C\C1=C(C)C(=N)C(=O)NC1=O)c1ccc(Cl)c(F)c1. The molecule has 1 aromatic carbocycles. The standard InChI is InChI=1S/C16H14ClFN2O2/c1-3-9(10-4-5-12(17)13(18)7-10)6-11-8(2)14(19)16(22)20-15(11)21/h4-7,19H,3H2,1-2H3,(H,20,21,22)/b9-6+,19-14?. The zero-order chi connectivity index (χ0) is 16.4. The first-order valence-electron chi connectivity index (χ1n) is 6.66. The average Bonchev–Trinajstić information content (AvgIpc) is 2.48. The van der Waals surface area contributed by atoms with E-state index in [0.717, 1.165) is 0 Å². The molecule has 114 valence electrons. The van der Waals surface area contributed by atoms with Gasteiger partial charge in [0.15, 0.2) is 0 Å². The lowest BCUT2D eigenvalue weighted by Gasteiger charge is -2.17. The maximum Gasteiger partial charge on any atom is 0.276 e. The van der Waals surface area contributed by atoms with E-state index in [4.69, 9.17) is 17.0 Å². The number of allylic oxidation sites excluding steroid dienone is 1. The third-order valence-electron chi connectivity index (χ3n) is 3.47. The Bertz CT molecular complexity index is 751. The number of rotatable bonds is 3. The number of hydrogen-bond acceptors (Lipinski definition) is 3. The molecule has 1 aliphatic heterocycles. The number of nitrogens with one attached hydrogen (secondary N) is 2. The largest absolute Gasteiger partial charge is 0.295 e. The van der Waals surface area contributed by atoms with Gasteiger partial charge in [0.25, 0.3) is 11.8 Å². The summed E-state index contributed by atoms with van der Waals surface area (Å²) in [5.74, 6) is -1.81. The van der Waals surface area contributed by atoms with Crippen molar-refractivity contribution in [1.82, 2.24) is 5.32 Å². The molecule has 0 unspecified atom stereocenters. The molecule has 0 spiro atoms. The van der Waals surface area contributed by atoms with Crippen LogP contribution in [0.25, 0.3) is 5.57 Å². The predicted octanol–water partition coefficient (Wildman–Crippen LogP) is 3.27. The summed E-state index contributed by atoms with van der Waals surface area (Å²) >= 11 is 5.67. The lowest BCUT2D eigenvalue weighted by Crippen LogP contribution is -2.42. The Morgan fingerprint density at radius 1 is 1.36 bits per heavy atom. The van der Waals surface area contributed by atoms with Gasteiger partial charge in [-0.3, -0.25) is 20.3 Å². The summed E-state index contributed by atoms with van der Waals surface area (Å²) in [4.78, 5) is 23.3. The van der Waals surface area contributed by atoms with E-state index in [1.54, 1.807) is 19.1 Å². The summed E-state index contributed by atoms with van der Waals surface area (Å²) in [5.41, 5.74) is 1.60. The van der Waals surface area contributed by atoms with E-state index in [9.17, 15) is 14.0 Å². The molecule has 0 fully saturated rings. The molecule has 0 atom stereocenters. The van der Waals surface area contributed by atoms with E-state index in [0.29, 0.717) is 23.1 Å². The Morgan fingerprint density at radius 2 is 2.05 bits per heavy atom. The zero-order valence-corrected chi connectivity index (χ0v) is 12.8. The summed E-state index contributed by atoms with van der Waals surface area (Å²) in [7, 11) is 0. The van der Waals surface area contributed by atoms with Crippen LogP contribution >= 0.6 is 11.6 Å². The molecule has 1 aromatic rings. The van der Waals surface area contributed by atoms with E-state index in [-0.39, 0.29) is 16.3 Å². The second kappa shape index (κ2) is 6.23.